The van der Waals surface area contributed by atoms with Crippen molar-refractivity contribution in [3.63, 3.8) is 0 Å². The maximum absolute atomic E-state index is 13.3. The van der Waals surface area contributed by atoms with Gasteiger partial charge >= 0.3 is 11.9 Å². The lowest BCUT2D eigenvalue weighted by molar-refractivity contribution is -0.345. The summed E-state index contributed by atoms with van der Waals surface area (Å²) in [7, 11) is 0. The number of aliphatic hydroxyl groups excluding tert-OH is 3. The number of hydrogen-bond acceptors (Lipinski definition) is 10. The molecule has 5 N–H and O–H groups in total. The van der Waals surface area contributed by atoms with E-state index >= 15 is 0 Å². The molecule has 2 aliphatic heterocycles. The Morgan fingerprint density at radius 1 is 1.29 bits per heavy atom. The largest absolute Gasteiger partial charge is 0.459 e. The van der Waals surface area contributed by atoms with Crippen LogP contribution in [0.15, 0.2) is 11.6 Å². The molecule has 35 heavy (non-hydrogen) atoms. The van der Waals surface area contributed by atoms with Crippen molar-refractivity contribution in [2.45, 2.75) is 89.4 Å². The molecular formula is C25H36O10. The minimum atomic E-state index is -2.08. The molecule has 5 aliphatic rings. The minimum Gasteiger partial charge on any atom is -0.459 e. The molecule has 2 saturated heterocycles. The van der Waals surface area contributed by atoms with Gasteiger partial charge in [-0.05, 0) is 38.5 Å². The maximum atomic E-state index is 13.3. The van der Waals surface area contributed by atoms with Crippen LogP contribution in [0.2, 0.25) is 0 Å². The van der Waals surface area contributed by atoms with Crippen LogP contribution in [0.3, 0.4) is 0 Å². The van der Waals surface area contributed by atoms with Gasteiger partial charge in [0.05, 0.1) is 18.8 Å². The predicted octanol–water partition coefficient (Wildman–Crippen LogP) is -0.359. The molecule has 1 spiro atoms. The number of aliphatic hydroxyl groups is 5. The molecule has 10 heteroatoms. The van der Waals surface area contributed by atoms with E-state index in [-0.39, 0.29) is 18.9 Å². The summed E-state index contributed by atoms with van der Waals surface area (Å²) in [4.78, 5) is 26.1. The monoisotopic (exact) mass is 496 g/mol. The normalized spacial score (nSPS) is 54.1. The van der Waals surface area contributed by atoms with Gasteiger partial charge in [-0.15, -0.1) is 0 Å². The number of ether oxygens (including phenoxy) is 3. The summed E-state index contributed by atoms with van der Waals surface area (Å²) >= 11 is 0. The molecule has 0 unspecified atom stereocenters. The Morgan fingerprint density at radius 3 is 2.57 bits per heavy atom. The average Bonchev–Trinajstić information content (AvgIpc) is 3.08. The lowest BCUT2D eigenvalue weighted by atomic mass is 9.38. The Morgan fingerprint density at radius 2 is 1.94 bits per heavy atom. The predicted molar refractivity (Wildman–Crippen MR) is 118 cm³/mol. The van der Waals surface area contributed by atoms with Crippen molar-refractivity contribution >= 4 is 11.9 Å². The van der Waals surface area contributed by atoms with Gasteiger partial charge in [-0.2, -0.15) is 0 Å². The summed E-state index contributed by atoms with van der Waals surface area (Å²) in [6, 6.07) is 0. The van der Waals surface area contributed by atoms with Crippen molar-refractivity contribution in [1.29, 1.82) is 0 Å². The Labute approximate surface area is 203 Å². The summed E-state index contributed by atoms with van der Waals surface area (Å²) in [5.41, 5.74) is -3.29. The highest BCUT2D eigenvalue weighted by Gasteiger charge is 2.83. The number of carbonyl (C=O) groups is 2. The summed E-state index contributed by atoms with van der Waals surface area (Å²) < 4.78 is 17.4. The van der Waals surface area contributed by atoms with Gasteiger partial charge in [0, 0.05) is 22.7 Å². The molecule has 5 rings (SSSR count). The Balaban J connectivity index is 1.68. The lowest BCUT2D eigenvalue weighted by Gasteiger charge is -2.68. The Bertz CT molecular complexity index is 977. The summed E-state index contributed by atoms with van der Waals surface area (Å²) in [5.74, 6) is -6.72. The van der Waals surface area contributed by atoms with Crippen molar-refractivity contribution in [3.05, 3.63) is 11.6 Å². The van der Waals surface area contributed by atoms with Gasteiger partial charge < -0.3 is 39.7 Å². The second-order valence-corrected chi connectivity index (χ2v) is 11.8. The SMILES string of the molecule is CC[C@](C)(O)C(=O)O[C@H]1C(=O)O[C@@H]2C[C@H]3C(C)=C[C@@H](O)[C@H](O)[C@]3(C)[C@H]3[C@@]4(O)OC[C@]32[C@@H]1[C@H](C)[C@H]4O. The van der Waals surface area contributed by atoms with Crippen LogP contribution in [0.1, 0.15) is 47.5 Å². The zero-order chi connectivity index (χ0) is 25.9. The van der Waals surface area contributed by atoms with E-state index in [0.29, 0.717) is 6.42 Å². The van der Waals surface area contributed by atoms with E-state index in [2.05, 4.69) is 0 Å². The topological polar surface area (TPSA) is 163 Å². The van der Waals surface area contributed by atoms with E-state index in [0.717, 1.165) is 5.57 Å². The zero-order valence-electron chi connectivity index (χ0n) is 20.7. The average molecular weight is 497 g/mol. The van der Waals surface area contributed by atoms with Crippen LogP contribution < -0.4 is 0 Å². The number of rotatable bonds is 3. The van der Waals surface area contributed by atoms with Gasteiger partial charge in [-0.1, -0.05) is 32.4 Å². The highest BCUT2D eigenvalue weighted by molar-refractivity contribution is 5.84. The molecular weight excluding hydrogens is 460 g/mol. The highest BCUT2D eigenvalue weighted by atomic mass is 16.7. The van der Waals surface area contributed by atoms with Gasteiger partial charge in [0.15, 0.2) is 11.4 Å². The first-order valence-corrected chi connectivity index (χ1v) is 12.4. The molecule has 0 aromatic rings. The van der Waals surface area contributed by atoms with Crippen LogP contribution in [-0.2, 0) is 23.8 Å². The fourth-order valence-corrected chi connectivity index (χ4v) is 8.28. The number of fused-ring (bicyclic) bond motifs is 1. The van der Waals surface area contributed by atoms with Crippen LogP contribution in [0.25, 0.3) is 0 Å². The van der Waals surface area contributed by atoms with E-state index < -0.39 is 82.4 Å². The third kappa shape index (κ3) is 2.86. The van der Waals surface area contributed by atoms with Crippen LogP contribution in [-0.4, -0.2) is 86.0 Å². The van der Waals surface area contributed by atoms with Gasteiger partial charge in [0.2, 0.25) is 6.10 Å². The summed E-state index contributed by atoms with van der Waals surface area (Å²) in [6.45, 7) is 8.06. The van der Waals surface area contributed by atoms with Crippen LogP contribution in [0.5, 0.6) is 0 Å². The molecule has 0 amide bonds. The molecule has 2 saturated carbocycles. The standard InChI is InChI=1S/C25H36O10/c1-6-22(4,31)21(30)35-16-15-11(3)17(27)25(32)20-23(5)12(10(2)7-13(26)18(23)28)8-14(34-19(16)29)24(15,20)9-33-25/h7,11-18,20,26-28,31-32H,6,8-9H2,1-5H3/t11-,12-,13+,14+,15+,16+,17+,18-,20+,22-,23+,24-,25-/m0/s1. The lowest BCUT2D eigenvalue weighted by Crippen LogP contribution is -2.78. The third-order valence-corrected chi connectivity index (χ3v) is 10.2. The number of carbonyl (C=O) groups excluding carboxylic acids is 2. The molecule has 196 valence electrons. The van der Waals surface area contributed by atoms with Gasteiger partial charge in [-0.25, -0.2) is 9.59 Å². The summed E-state index contributed by atoms with van der Waals surface area (Å²) in [6.07, 6.45) is -4.18. The molecule has 0 aromatic heterocycles. The van der Waals surface area contributed by atoms with E-state index in [1.54, 1.807) is 26.8 Å². The molecule has 4 fully saturated rings. The number of allylic oxidation sites excluding steroid dienone is 1. The first-order valence-electron chi connectivity index (χ1n) is 12.4. The van der Waals surface area contributed by atoms with E-state index in [4.69, 9.17) is 14.2 Å². The quantitative estimate of drug-likeness (QED) is 0.258. The molecule has 3 aliphatic carbocycles. The van der Waals surface area contributed by atoms with Crippen molar-refractivity contribution in [2.24, 2.45) is 34.5 Å². The van der Waals surface area contributed by atoms with Crippen molar-refractivity contribution in [2.75, 3.05) is 6.61 Å². The maximum Gasteiger partial charge on any atom is 0.348 e. The first-order chi connectivity index (χ1) is 16.2. The highest BCUT2D eigenvalue weighted by Crippen LogP contribution is 2.74. The molecule has 0 aromatic carbocycles. The Hall–Kier alpha value is -1.56. The molecule has 2 bridgehead atoms. The van der Waals surface area contributed by atoms with E-state index in [1.165, 1.54) is 6.92 Å². The summed E-state index contributed by atoms with van der Waals surface area (Å²) in [5, 5.41) is 55.6. The second-order valence-electron chi connectivity index (χ2n) is 11.8. The van der Waals surface area contributed by atoms with Crippen LogP contribution in [0.4, 0.5) is 0 Å². The van der Waals surface area contributed by atoms with E-state index in [9.17, 15) is 35.1 Å². The molecule has 2 heterocycles. The number of esters is 2. The van der Waals surface area contributed by atoms with E-state index in [1.807, 2.05) is 6.92 Å². The first kappa shape index (κ1) is 25.1. The zero-order valence-corrected chi connectivity index (χ0v) is 20.7. The second kappa shape index (κ2) is 7.49. The van der Waals surface area contributed by atoms with Crippen molar-refractivity contribution in [3.8, 4) is 0 Å². The minimum absolute atomic E-state index is 0.0607. The molecule has 10 nitrogen and oxygen atoms in total. The third-order valence-electron chi connectivity index (χ3n) is 10.2. The van der Waals surface area contributed by atoms with Crippen LogP contribution in [0, 0.1) is 34.5 Å². The smallest absolute Gasteiger partial charge is 0.348 e. The van der Waals surface area contributed by atoms with Gasteiger partial charge in [0.25, 0.3) is 0 Å². The van der Waals surface area contributed by atoms with Crippen LogP contribution >= 0.6 is 0 Å². The van der Waals surface area contributed by atoms with Gasteiger partial charge in [-0.3, -0.25) is 0 Å². The Kier molecular flexibility index (Phi) is 5.37. The molecule has 13 atom stereocenters. The number of hydrogen-bond donors (Lipinski definition) is 5. The van der Waals surface area contributed by atoms with Crippen molar-refractivity contribution < 1.29 is 49.3 Å². The van der Waals surface area contributed by atoms with Crippen molar-refractivity contribution in [1.82, 2.24) is 0 Å². The molecule has 0 radical (unpaired) electrons. The fraction of sp³-hybridized carbons (Fsp3) is 0.840. The fourth-order valence-electron chi connectivity index (χ4n) is 8.28. The van der Waals surface area contributed by atoms with Gasteiger partial charge in [0.1, 0.15) is 12.2 Å².